The lowest BCUT2D eigenvalue weighted by molar-refractivity contribution is -0.0311. The largest absolute Gasteiger partial charge is 0.471 e. The third-order valence-electron chi connectivity index (χ3n) is 8.00. The van der Waals surface area contributed by atoms with E-state index in [0.29, 0.717) is 5.69 Å². The van der Waals surface area contributed by atoms with Gasteiger partial charge in [0.15, 0.2) is 5.82 Å². The predicted molar refractivity (Wildman–Crippen MR) is 148 cm³/mol. The number of hydrogen-bond donors (Lipinski definition) is 4. The molecular weight excluding hydrogens is 578 g/mol. The van der Waals surface area contributed by atoms with E-state index in [0.717, 1.165) is 37.8 Å². The highest BCUT2D eigenvalue weighted by Gasteiger charge is 2.47. The third-order valence-corrected chi connectivity index (χ3v) is 8.27. The zero-order valence-corrected chi connectivity index (χ0v) is 23.5. The molecule has 2 aliphatic heterocycles. The molecule has 1 amide bonds. The molecule has 3 fully saturated rings. The molecule has 42 heavy (non-hydrogen) atoms. The lowest BCUT2D eigenvalue weighted by atomic mass is 9.87. The number of aromatic nitrogens is 1. The second kappa shape index (κ2) is 13.1. The first kappa shape index (κ1) is 30.5. The van der Waals surface area contributed by atoms with Crippen LogP contribution in [0.2, 0.25) is 5.02 Å². The maximum atomic E-state index is 14.9. The predicted octanol–water partition coefficient (Wildman–Crippen LogP) is 3.12. The summed E-state index contributed by atoms with van der Waals surface area (Å²) in [6, 6.07) is 3.33. The zero-order valence-electron chi connectivity index (χ0n) is 22.8. The number of anilines is 1. The highest BCUT2D eigenvalue weighted by Crippen LogP contribution is 2.37. The van der Waals surface area contributed by atoms with E-state index in [-0.39, 0.29) is 67.6 Å². The van der Waals surface area contributed by atoms with Gasteiger partial charge in [0.1, 0.15) is 54.4 Å². The van der Waals surface area contributed by atoms with Gasteiger partial charge in [-0.2, -0.15) is 4.98 Å². The van der Waals surface area contributed by atoms with Crippen LogP contribution in [-0.4, -0.2) is 85.3 Å². The van der Waals surface area contributed by atoms with Gasteiger partial charge in [-0.1, -0.05) is 24.4 Å². The molecule has 0 spiro atoms. The number of pyridine rings is 1. The fourth-order valence-electron chi connectivity index (χ4n) is 5.53. The highest BCUT2D eigenvalue weighted by atomic mass is 35.5. The molecule has 2 saturated heterocycles. The number of rotatable bonds is 12. The molecule has 3 heterocycles. The first-order chi connectivity index (χ1) is 20.2. The Labute approximate surface area is 246 Å². The molecule has 0 radical (unpaired) electrons. The Kier molecular flexibility index (Phi) is 9.55. The zero-order chi connectivity index (χ0) is 29.9. The number of amides is 1. The number of hydrogen-bond acceptors (Lipinski definition) is 10. The number of halogens is 3. The molecule has 5 rings (SSSR count). The Morgan fingerprint density at radius 2 is 1.90 bits per heavy atom. The van der Waals surface area contributed by atoms with Crippen molar-refractivity contribution in [3.05, 3.63) is 46.0 Å². The summed E-state index contributed by atoms with van der Waals surface area (Å²) in [6.45, 7) is 3.59. The summed E-state index contributed by atoms with van der Waals surface area (Å²) in [4.78, 5) is 20.6. The van der Waals surface area contributed by atoms with Gasteiger partial charge in [-0.3, -0.25) is 4.79 Å². The SMILES string of the molecule is C=Nc1nc(OCc2c(F)cc(C(=O)NCC3(CO)CCCC3)cc2F)c(Cl)cc1NCO[C@@H]1COC2[C@H](O)CO[C@@H]21. The summed E-state index contributed by atoms with van der Waals surface area (Å²) in [6.07, 6.45) is 1.64. The van der Waals surface area contributed by atoms with Crippen LogP contribution in [0.25, 0.3) is 0 Å². The second-order valence-electron chi connectivity index (χ2n) is 10.7. The van der Waals surface area contributed by atoms with Crippen LogP contribution in [-0.2, 0) is 20.8 Å². The first-order valence-electron chi connectivity index (χ1n) is 13.7. The lowest BCUT2D eigenvalue weighted by Gasteiger charge is -2.26. The highest BCUT2D eigenvalue weighted by molar-refractivity contribution is 6.32. The van der Waals surface area contributed by atoms with E-state index < -0.39 is 47.3 Å². The number of nitrogens with zero attached hydrogens (tertiary/aromatic N) is 2. The lowest BCUT2D eigenvalue weighted by Crippen LogP contribution is -2.38. The van der Waals surface area contributed by atoms with Crippen molar-refractivity contribution in [2.24, 2.45) is 10.4 Å². The molecule has 0 bridgehead atoms. The van der Waals surface area contributed by atoms with Crippen LogP contribution in [0.4, 0.5) is 20.3 Å². The molecule has 228 valence electrons. The maximum absolute atomic E-state index is 14.9. The molecule has 3 aliphatic rings. The molecule has 2 aromatic rings. The Morgan fingerprint density at radius 1 is 1.19 bits per heavy atom. The van der Waals surface area contributed by atoms with Crippen LogP contribution in [0.3, 0.4) is 0 Å². The molecule has 4 N–H and O–H groups in total. The maximum Gasteiger partial charge on any atom is 0.251 e. The van der Waals surface area contributed by atoms with E-state index in [2.05, 4.69) is 27.3 Å². The van der Waals surface area contributed by atoms with Gasteiger partial charge >= 0.3 is 0 Å². The van der Waals surface area contributed by atoms with E-state index >= 15 is 0 Å². The minimum Gasteiger partial charge on any atom is -0.471 e. The van der Waals surface area contributed by atoms with Crippen LogP contribution in [0, 0.1) is 17.0 Å². The standard InChI is InChI=1S/C28H33ClF2N4O7/c1-32-25-20(34-14-42-22-11-40-23-21(37)10-39-24(22)23)8-17(29)27(35-25)41-9-16-18(30)6-15(7-19(16)31)26(38)33-12-28(13-36)4-2-3-5-28/h6-8,21-24,34,36-37H,1-5,9-14H2,(H,33,38)/t21-,22-,23?,24-/m1/s1. The van der Waals surface area contributed by atoms with Crippen molar-refractivity contribution in [2.45, 2.75) is 56.7 Å². The number of ether oxygens (including phenoxy) is 4. The number of aliphatic imine (C=N–C) groups is 1. The van der Waals surface area contributed by atoms with Gasteiger partial charge in [-0.05, 0) is 37.8 Å². The molecule has 14 heteroatoms. The van der Waals surface area contributed by atoms with Crippen molar-refractivity contribution < 1.29 is 42.7 Å². The fourth-order valence-corrected chi connectivity index (χ4v) is 5.73. The number of fused-ring (bicyclic) bond motifs is 1. The number of carbonyl (C=O) groups excluding carboxylic acids is 1. The van der Waals surface area contributed by atoms with E-state index in [4.69, 9.17) is 30.5 Å². The van der Waals surface area contributed by atoms with Gasteiger partial charge < -0.3 is 39.8 Å². The number of aliphatic hydroxyl groups is 2. The minimum atomic E-state index is -0.969. The fraction of sp³-hybridized carbons (Fsp3) is 0.536. The summed E-state index contributed by atoms with van der Waals surface area (Å²) < 4.78 is 52.1. The van der Waals surface area contributed by atoms with Gasteiger partial charge in [0, 0.05) is 17.5 Å². The van der Waals surface area contributed by atoms with Gasteiger partial charge in [0.25, 0.3) is 5.91 Å². The first-order valence-corrected chi connectivity index (χ1v) is 14.0. The average Bonchev–Trinajstić information content (AvgIpc) is 3.71. The van der Waals surface area contributed by atoms with Crippen LogP contribution in [0.5, 0.6) is 5.88 Å². The second-order valence-corrected chi connectivity index (χ2v) is 11.2. The van der Waals surface area contributed by atoms with E-state index in [1.54, 1.807) is 0 Å². The van der Waals surface area contributed by atoms with Crippen molar-refractivity contribution >= 4 is 35.7 Å². The third kappa shape index (κ3) is 6.51. The number of carbonyl (C=O) groups is 1. The van der Waals surface area contributed by atoms with E-state index in [1.165, 1.54) is 6.07 Å². The van der Waals surface area contributed by atoms with Crippen molar-refractivity contribution in [3.8, 4) is 5.88 Å². The Balaban J connectivity index is 1.18. The minimum absolute atomic E-state index is 0.0226. The van der Waals surface area contributed by atoms with Gasteiger partial charge in [0.05, 0.1) is 31.1 Å². The summed E-state index contributed by atoms with van der Waals surface area (Å²) in [5.74, 6) is -2.58. The number of benzene rings is 1. The normalized spacial score (nSPS) is 24.4. The van der Waals surface area contributed by atoms with Crippen LogP contribution < -0.4 is 15.4 Å². The molecule has 1 saturated carbocycles. The summed E-state index contributed by atoms with van der Waals surface area (Å²) in [5.41, 5.74) is -0.610. The molecule has 4 atom stereocenters. The van der Waals surface area contributed by atoms with Crippen LogP contribution in [0.15, 0.2) is 23.2 Å². The van der Waals surface area contributed by atoms with Gasteiger partial charge in [-0.15, -0.1) is 0 Å². The quantitative estimate of drug-likeness (QED) is 0.210. The van der Waals surface area contributed by atoms with Crippen molar-refractivity contribution in [1.29, 1.82) is 0 Å². The molecular formula is C28H33ClF2N4O7. The smallest absolute Gasteiger partial charge is 0.251 e. The van der Waals surface area contributed by atoms with Crippen molar-refractivity contribution in [2.75, 3.05) is 38.4 Å². The van der Waals surface area contributed by atoms with Crippen molar-refractivity contribution in [1.82, 2.24) is 10.3 Å². The molecule has 1 aromatic carbocycles. The van der Waals surface area contributed by atoms with Gasteiger partial charge in [-0.25, -0.2) is 13.8 Å². The van der Waals surface area contributed by atoms with Crippen molar-refractivity contribution in [3.63, 3.8) is 0 Å². The van der Waals surface area contributed by atoms with Crippen LogP contribution >= 0.6 is 11.6 Å². The summed E-state index contributed by atoms with van der Waals surface area (Å²) >= 11 is 6.32. The average molecular weight is 611 g/mol. The monoisotopic (exact) mass is 610 g/mol. The Hall–Kier alpha value is -2.94. The van der Waals surface area contributed by atoms with E-state index in [1.807, 2.05) is 0 Å². The molecule has 1 aliphatic carbocycles. The number of nitrogens with one attached hydrogen (secondary N) is 2. The number of aliphatic hydroxyl groups excluding tert-OH is 2. The Morgan fingerprint density at radius 3 is 2.60 bits per heavy atom. The summed E-state index contributed by atoms with van der Waals surface area (Å²) in [5, 5.41) is 25.3. The molecule has 11 nitrogen and oxygen atoms in total. The Bertz CT molecular complexity index is 1290. The van der Waals surface area contributed by atoms with E-state index in [9.17, 15) is 23.8 Å². The van der Waals surface area contributed by atoms with Gasteiger partial charge in [0.2, 0.25) is 5.88 Å². The molecule has 1 unspecified atom stereocenters. The molecule has 1 aromatic heterocycles. The van der Waals surface area contributed by atoms with Crippen LogP contribution in [0.1, 0.15) is 41.6 Å². The topological polar surface area (TPSA) is 144 Å². The summed E-state index contributed by atoms with van der Waals surface area (Å²) in [7, 11) is 0.